The van der Waals surface area contributed by atoms with Gasteiger partial charge >= 0.3 is 0 Å². The van der Waals surface area contributed by atoms with Crippen molar-refractivity contribution in [3.63, 3.8) is 0 Å². The number of ether oxygens (including phenoxy) is 2. The van der Waals surface area contributed by atoms with Crippen molar-refractivity contribution >= 4 is 8.32 Å². The SMILES string of the molecule is CC(C)(C)[Si](C)(C)OC1CC2OC(C1)C1OC21. The molecule has 2 bridgehead atoms. The molecule has 4 atom stereocenters. The molecular weight excluding hydrogens is 232 g/mol. The van der Waals surface area contributed by atoms with Crippen molar-refractivity contribution in [2.24, 2.45) is 0 Å². The Morgan fingerprint density at radius 3 is 2.00 bits per heavy atom. The van der Waals surface area contributed by atoms with E-state index in [1.54, 1.807) is 0 Å². The van der Waals surface area contributed by atoms with Gasteiger partial charge in [-0.25, -0.2) is 0 Å². The van der Waals surface area contributed by atoms with Crippen LogP contribution >= 0.6 is 0 Å². The van der Waals surface area contributed by atoms with Crippen molar-refractivity contribution in [3.05, 3.63) is 0 Å². The molecule has 0 spiro atoms. The van der Waals surface area contributed by atoms with Crippen LogP contribution in [0, 0.1) is 0 Å². The van der Waals surface area contributed by atoms with Crippen molar-refractivity contribution in [1.29, 1.82) is 0 Å². The summed E-state index contributed by atoms with van der Waals surface area (Å²) in [6.07, 6.45) is 3.88. The average molecular weight is 256 g/mol. The van der Waals surface area contributed by atoms with Gasteiger partial charge in [0.05, 0.1) is 18.3 Å². The summed E-state index contributed by atoms with van der Waals surface area (Å²) in [5.41, 5.74) is 0. The fourth-order valence-electron chi connectivity index (χ4n) is 2.80. The Balaban J connectivity index is 1.64. The molecule has 98 valence electrons. The summed E-state index contributed by atoms with van der Waals surface area (Å²) < 4.78 is 18.0. The Kier molecular flexibility index (Phi) is 2.54. The van der Waals surface area contributed by atoms with Crippen LogP contribution in [0.5, 0.6) is 0 Å². The molecule has 3 nitrogen and oxygen atoms in total. The third kappa shape index (κ3) is 1.99. The van der Waals surface area contributed by atoms with Crippen LogP contribution in [0.4, 0.5) is 0 Å². The molecule has 3 aliphatic heterocycles. The molecule has 3 rings (SSSR count). The second-order valence-electron chi connectivity index (χ2n) is 7.25. The molecule has 3 heterocycles. The Morgan fingerprint density at radius 1 is 1.00 bits per heavy atom. The molecule has 0 aromatic carbocycles. The molecule has 0 amide bonds. The lowest BCUT2D eigenvalue weighted by Gasteiger charge is -2.41. The lowest BCUT2D eigenvalue weighted by Crippen LogP contribution is -2.47. The number of hydrogen-bond donors (Lipinski definition) is 0. The van der Waals surface area contributed by atoms with E-state index < -0.39 is 8.32 Å². The van der Waals surface area contributed by atoms with Crippen LogP contribution in [0.1, 0.15) is 33.6 Å². The van der Waals surface area contributed by atoms with Crippen molar-refractivity contribution < 1.29 is 13.9 Å². The van der Waals surface area contributed by atoms with Gasteiger partial charge in [0.25, 0.3) is 0 Å². The van der Waals surface area contributed by atoms with Gasteiger partial charge in [-0.1, -0.05) is 20.8 Å². The first-order valence-electron chi connectivity index (χ1n) is 6.77. The van der Waals surface area contributed by atoms with E-state index in [9.17, 15) is 0 Å². The van der Waals surface area contributed by atoms with Crippen LogP contribution in [0.15, 0.2) is 0 Å². The molecule has 4 heteroatoms. The maximum absolute atomic E-state index is 6.50. The standard InChI is InChI=1S/C13H24O3Si/c1-13(2,3)17(4,5)16-8-6-9-11-12(15-11)10(7-8)14-9/h8-12H,6-7H2,1-5H3. The number of epoxide rings is 1. The Morgan fingerprint density at radius 2 is 1.53 bits per heavy atom. The summed E-state index contributed by atoms with van der Waals surface area (Å²) in [6.45, 7) is 11.6. The van der Waals surface area contributed by atoms with Crippen LogP contribution in [-0.2, 0) is 13.9 Å². The van der Waals surface area contributed by atoms with Crippen molar-refractivity contribution in [3.8, 4) is 0 Å². The van der Waals surface area contributed by atoms with Crippen molar-refractivity contribution in [2.45, 2.75) is 82.3 Å². The van der Waals surface area contributed by atoms with E-state index in [1.807, 2.05) is 0 Å². The fourth-order valence-corrected chi connectivity index (χ4v) is 4.18. The van der Waals surface area contributed by atoms with Crippen LogP contribution in [0.2, 0.25) is 18.1 Å². The highest BCUT2D eigenvalue weighted by atomic mass is 28.4. The molecule has 0 saturated carbocycles. The second kappa shape index (κ2) is 3.56. The van der Waals surface area contributed by atoms with Gasteiger partial charge in [-0.15, -0.1) is 0 Å². The van der Waals surface area contributed by atoms with Crippen LogP contribution in [0.3, 0.4) is 0 Å². The minimum Gasteiger partial charge on any atom is -0.414 e. The monoisotopic (exact) mass is 256 g/mol. The van der Waals surface area contributed by atoms with Crippen molar-refractivity contribution in [2.75, 3.05) is 0 Å². The van der Waals surface area contributed by atoms with Gasteiger partial charge in [0.1, 0.15) is 12.2 Å². The summed E-state index contributed by atoms with van der Waals surface area (Å²) in [7, 11) is -1.63. The maximum Gasteiger partial charge on any atom is 0.192 e. The highest BCUT2D eigenvalue weighted by Crippen LogP contribution is 2.48. The summed E-state index contributed by atoms with van der Waals surface area (Å²) >= 11 is 0. The molecule has 3 saturated heterocycles. The minimum absolute atomic E-state index is 0.295. The number of rotatable bonds is 2. The van der Waals surface area contributed by atoms with E-state index in [0.717, 1.165) is 12.8 Å². The van der Waals surface area contributed by atoms with Crippen LogP contribution < -0.4 is 0 Å². The first-order valence-corrected chi connectivity index (χ1v) is 9.67. The van der Waals surface area contributed by atoms with Crippen LogP contribution in [-0.4, -0.2) is 38.8 Å². The Hall–Kier alpha value is 0.0969. The molecule has 3 aliphatic rings. The first-order chi connectivity index (χ1) is 7.78. The molecule has 0 aromatic heterocycles. The Labute approximate surface area is 105 Å². The number of fused-ring (bicyclic) bond motifs is 5. The number of hydrogen-bond acceptors (Lipinski definition) is 3. The minimum atomic E-state index is -1.63. The molecule has 17 heavy (non-hydrogen) atoms. The third-order valence-corrected chi connectivity index (χ3v) is 9.44. The summed E-state index contributed by atoms with van der Waals surface area (Å²) in [6, 6.07) is 0. The van der Waals surface area contributed by atoms with E-state index in [-0.39, 0.29) is 0 Å². The molecule has 0 aromatic rings. The zero-order valence-electron chi connectivity index (χ0n) is 11.5. The smallest absolute Gasteiger partial charge is 0.192 e. The molecule has 4 unspecified atom stereocenters. The topological polar surface area (TPSA) is 31.0 Å². The summed E-state index contributed by atoms with van der Waals surface area (Å²) in [4.78, 5) is 0. The molecule has 0 radical (unpaired) electrons. The fraction of sp³-hybridized carbons (Fsp3) is 1.00. The zero-order chi connectivity index (χ0) is 12.4. The van der Waals surface area contributed by atoms with E-state index in [1.165, 1.54) is 0 Å². The molecule has 0 aliphatic carbocycles. The van der Waals surface area contributed by atoms with Gasteiger partial charge in [0, 0.05) is 12.8 Å². The molecule has 3 fully saturated rings. The van der Waals surface area contributed by atoms with Crippen molar-refractivity contribution in [1.82, 2.24) is 0 Å². The largest absolute Gasteiger partial charge is 0.414 e. The van der Waals surface area contributed by atoms with E-state index in [4.69, 9.17) is 13.9 Å². The molecule has 0 N–H and O–H groups in total. The van der Waals surface area contributed by atoms with Crippen LogP contribution in [0.25, 0.3) is 0 Å². The predicted octanol–water partition coefficient (Wildman–Crippen LogP) is 2.71. The van der Waals surface area contributed by atoms with E-state index in [2.05, 4.69) is 33.9 Å². The van der Waals surface area contributed by atoms with Gasteiger partial charge in [-0.05, 0) is 18.1 Å². The van der Waals surface area contributed by atoms with Gasteiger partial charge in [-0.2, -0.15) is 0 Å². The van der Waals surface area contributed by atoms with Gasteiger partial charge in [-0.3, -0.25) is 0 Å². The highest BCUT2D eigenvalue weighted by molar-refractivity contribution is 6.74. The van der Waals surface area contributed by atoms with E-state index >= 15 is 0 Å². The van der Waals surface area contributed by atoms with Gasteiger partial charge in [0.2, 0.25) is 0 Å². The highest BCUT2D eigenvalue weighted by Gasteiger charge is 2.61. The maximum atomic E-state index is 6.50. The lowest BCUT2D eigenvalue weighted by molar-refractivity contribution is -0.0977. The molecular formula is C13H24O3Si. The quantitative estimate of drug-likeness (QED) is 0.562. The first kappa shape index (κ1) is 12.1. The zero-order valence-corrected chi connectivity index (χ0v) is 12.5. The van der Waals surface area contributed by atoms with Gasteiger partial charge in [0.15, 0.2) is 8.32 Å². The predicted molar refractivity (Wildman–Crippen MR) is 68.6 cm³/mol. The second-order valence-corrected chi connectivity index (χ2v) is 12.0. The third-order valence-electron chi connectivity index (χ3n) is 4.90. The average Bonchev–Trinajstić information content (AvgIpc) is 2.89. The normalized spacial score (nSPS) is 44.6. The van der Waals surface area contributed by atoms with Gasteiger partial charge < -0.3 is 13.9 Å². The Bertz CT molecular complexity index is 307. The summed E-state index contributed by atoms with van der Waals surface area (Å²) in [5, 5.41) is 0.295. The summed E-state index contributed by atoms with van der Waals surface area (Å²) in [5.74, 6) is 0. The lowest BCUT2D eigenvalue weighted by atomic mass is 10.1. The van der Waals surface area contributed by atoms with E-state index in [0.29, 0.717) is 35.6 Å².